The molecule has 2 N–H and O–H groups in total. The molecule has 164 valence electrons. The Balaban J connectivity index is 1.49. The van der Waals surface area contributed by atoms with Crippen molar-refractivity contribution in [2.75, 3.05) is 27.6 Å². The summed E-state index contributed by atoms with van der Waals surface area (Å²) in [5.41, 5.74) is 0. The molecule has 0 aromatic carbocycles. The fraction of sp³-hybridized carbons (Fsp3) is 0.952. The van der Waals surface area contributed by atoms with Crippen molar-refractivity contribution < 1.29 is 38.7 Å². The fourth-order valence-corrected chi connectivity index (χ4v) is 7.12. The van der Waals surface area contributed by atoms with E-state index in [1.165, 1.54) is 0 Å². The Kier molecular flexibility index (Phi) is 5.37. The molecule has 29 heavy (non-hydrogen) atoms. The van der Waals surface area contributed by atoms with Crippen molar-refractivity contribution in [3.05, 3.63) is 0 Å². The highest BCUT2D eigenvalue weighted by atomic mass is 16.7. The van der Waals surface area contributed by atoms with Crippen LogP contribution in [-0.4, -0.2) is 80.4 Å². The monoisotopic (exact) mass is 412 g/mol. The largest absolute Gasteiger partial charge is 0.465 e. The van der Waals surface area contributed by atoms with E-state index in [1.54, 1.807) is 14.2 Å². The molecule has 2 aliphatic heterocycles. The number of ether oxygens (including phenoxy) is 5. The van der Waals surface area contributed by atoms with E-state index in [1.807, 2.05) is 0 Å². The van der Waals surface area contributed by atoms with Crippen molar-refractivity contribution in [1.29, 1.82) is 0 Å². The molecule has 5 aliphatic rings. The zero-order chi connectivity index (χ0) is 20.3. The average Bonchev–Trinajstić information content (AvgIpc) is 3.34. The van der Waals surface area contributed by atoms with Crippen molar-refractivity contribution in [3.63, 3.8) is 0 Å². The standard InChI is InChI=1S/C21H32O8/c1-25-15-3-9(4-16(26-2)20(15)23)17-10-5-13-14(29-8-28-13)6-11(10)19(22)12-7-27-21(24)18(12)17/h9-20,22-23H,3-8H2,1-2H3. The Labute approximate surface area is 170 Å². The minimum absolute atomic E-state index is 0.0190. The van der Waals surface area contributed by atoms with Crippen LogP contribution in [0.25, 0.3) is 0 Å². The highest BCUT2D eigenvalue weighted by Crippen LogP contribution is 2.57. The lowest BCUT2D eigenvalue weighted by Crippen LogP contribution is -2.58. The molecular weight excluding hydrogens is 380 g/mol. The Bertz CT molecular complexity index is 614. The second kappa shape index (κ2) is 7.73. The van der Waals surface area contributed by atoms with Gasteiger partial charge in [0, 0.05) is 20.1 Å². The van der Waals surface area contributed by atoms with Gasteiger partial charge in [0.15, 0.2) is 0 Å². The maximum atomic E-state index is 12.8. The van der Waals surface area contributed by atoms with E-state index in [-0.39, 0.29) is 72.5 Å². The maximum absolute atomic E-state index is 12.8. The number of cyclic esters (lactones) is 1. The molecule has 0 aromatic rings. The summed E-state index contributed by atoms with van der Waals surface area (Å²) in [4.78, 5) is 12.8. The molecular formula is C21H32O8. The molecule has 5 rings (SSSR count). The summed E-state index contributed by atoms with van der Waals surface area (Å²) in [7, 11) is 3.22. The van der Waals surface area contributed by atoms with Crippen LogP contribution in [0.5, 0.6) is 0 Å². The molecule has 0 bridgehead atoms. The summed E-state index contributed by atoms with van der Waals surface area (Å²) in [6.45, 7) is 0.587. The van der Waals surface area contributed by atoms with E-state index in [9.17, 15) is 15.0 Å². The van der Waals surface area contributed by atoms with Gasteiger partial charge in [-0.3, -0.25) is 4.79 Å². The molecule has 0 radical (unpaired) electrons. The maximum Gasteiger partial charge on any atom is 0.309 e. The Hall–Kier alpha value is -0.770. The first-order valence-electron chi connectivity index (χ1n) is 10.8. The highest BCUT2D eigenvalue weighted by molar-refractivity contribution is 5.75. The first-order valence-corrected chi connectivity index (χ1v) is 10.8. The van der Waals surface area contributed by atoms with Crippen LogP contribution in [0.15, 0.2) is 0 Å². The van der Waals surface area contributed by atoms with Gasteiger partial charge in [-0.15, -0.1) is 0 Å². The van der Waals surface area contributed by atoms with Gasteiger partial charge in [0.1, 0.15) is 12.9 Å². The predicted molar refractivity (Wildman–Crippen MR) is 98.6 cm³/mol. The number of hydrogen-bond acceptors (Lipinski definition) is 8. The van der Waals surface area contributed by atoms with Crippen molar-refractivity contribution in [2.24, 2.45) is 35.5 Å². The van der Waals surface area contributed by atoms with E-state index in [4.69, 9.17) is 23.7 Å². The van der Waals surface area contributed by atoms with Crippen LogP contribution in [0.3, 0.4) is 0 Å². The van der Waals surface area contributed by atoms with Crippen LogP contribution in [0.1, 0.15) is 25.7 Å². The summed E-state index contributed by atoms with van der Waals surface area (Å²) in [5.74, 6) is -0.288. The third-order valence-electron chi connectivity index (χ3n) is 8.46. The quantitative estimate of drug-likeness (QED) is 0.640. The number of hydrogen-bond donors (Lipinski definition) is 2. The fourth-order valence-electron chi connectivity index (χ4n) is 7.12. The molecule has 5 fully saturated rings. The van der Waals surface area contributed by atoms with Crippen LogP contribution in [0.2, 0.25) is 0 Å². The number of fused-ring (bicyclic) bond motifs is 3. The minimum Gasteiger partial charge on any atom is -0.465 e. The smallest absolute Gasteiger partial charge is 0.309 e. The zero-order valence-corrected chi connectivity index (χ0v) is 17.0. The number of carbonyl (C=O) groups is 1. The predicted octanol–water partition coefficient (Wildman–Crippen LogP) is 0.335. The zero-order valence-electron chi connectivity index (χ0n) is 17.0. The number of carbonyl (C=O) groups excluding carboxylic acids is 1. The normalized spacial score (nSPS) is 54.4. The molecule has 0 amide bonds. The van der Waals surface area contributed by atoms with Crippen LogP contribution >= 0.6 is 0 Å². The summed E-state index contributed by atoms with van der Waals surface area (Å²) >= 11 is 0. The highest BCUT2D eigenvalue weighted by Gasteiger charge is 2.61. The van der Waals surface area contributed by atoms with Gasteiger partial charge < -0.3 is 33.9 Å². The first-order chi connectivity index (χ1) is 14.0. The third kappa shape index (κ3) is 3.15. The van der Waals surface area contributed by atoms with Crippen LogP contribution in [0, 0.1) is 35.5 Å². The lowest BCUT2D eigenvalue weighted by molar-refractivity contribution is -0.171. The number of esters is 1. The van der Waals surface area contributed by atoms with Gasteiger partial charge in [-0.1, -0.05) is 0 Å². The Morgan fingerprint density at radius 1 is 0.862 bits per heavy atom. The molecule has 3 saturated carbocycles. The molecule has 2 heterocycles. The topological polar surface area (TPSA) is 104 Å². The van der Waals surface area contributed by atoms with Crippen LogP contribution in [-0.2, 0) is 28.5 Å². The lowest BCUT2D eigenvalue weighted by Gasteiger charge is -2.54. The molecule has 10 atom stereocenters. The van der Waals surface area contributed by atoms with E-state index in [2.05, 4.69) is 0 Å². The number of aliphatic hydroxyl groups excluding tert-OH is 2. The van der Waals surface area contributed by atoms with Gasteiger partial charge in [0.2, 0.25) is 0 Å². The van der Waals surface area contributed by atoms with Crippen LogP contribution < -0.4 is 0 Å². The van der Waals surface area contributed by atoms with E-state index >= 15 is 0 Å². The van der Waals surface area contributed by atoms with Crippen molar-refractivity contribution in [2.45, 2.75) is 62.3 Å². The second-order valence-corrected chi connectivity index (χ2v) is 9.49. The average molecular weight is 412 g/mol. The van der Waals surface area contributed by atoms with Gasteiger partial charge >= 0.3 is 5.97 Å². The molecule has 8 nitrogen and oxygen atoms in total. The first kappa shape index (κ1) is 20.2. The number of methoxy groups -OCH3 is 2. The Morgan fingerprint density at radius 3 is 2.10 bits per heavy atom. The summed E-state index contributed by atoms with van der Waals surface area (Å²) in [5, 5.41) is 21.7. The SMILES string of the molecule is COC1CC(C2C3CC4OCOC4CC3C(O)C3COC(=O)C32)CC(OC)C1O. The van der Waals surface area contributed by atoms with Crippen LogP contribution in [0.4, 0.5) is 0 Å². The molecule has 10 unspecified atom stereocenters. The van der Waals surface area contributed by atoms with E-state index in [0.717, 1.165) is 12.8 Å². The van der Waals surface area contributed by atoms with Crippen molar-refractivity contribution in [1.82, 2.24) is 0 Å². The summed E-state index contributed by atoms with van der Waals surface area (Å²) in [6, 6.07) is 0. The van der Waals surface area contributed by atoms with E-state index < -0.39 is 12.2 Å². The van der Waals surface area contributed by atoms with Gasteiger partial charge in [-0.05, 0) is 49.4 Å². The minimum atomic E-state index is -0.681. The number of aliphatic hydroxyl groups is 2. The van der Waals surface area contributed by atoms with Gasteiger partial charge in [0.25, 0.3) is 0 Å². The van der Waals surface area contributed by atoms with Gasteiger partial charge in [-0.2, -0.15) is 0 Å². The van der Waals surface area contributed by atoms with Crippen molar-refractivity contribution >= 4 is 5.97 Å². The second-order valence-electron chi connectivity index (χ2n) is 9.49. The lowest BCUT2D eigenvalue weighted by atomic mass is 9.52. The number of rotatable bonds is 3. The molecule has 8 heteroatoms. The summed E-state index contributed by atoms with van der Waals surface area (Å²) < 4.78 is 28.2. The third-order valence-corrected chi connectivity index (χ3v) is 8.46. The van der Waals surface area contributed by atoms with Crippen molar-refractivity contribution in [3.8, 4) is 0 Å². The molecule has 0 spiro atoms. The Morgan fingerprint density at radius 2 is 1.48 bits per heavy atom. The molecule has 2 saturated heterocycles. The summed E-state index contributed by atoms with van der Waals surface area (Å²) in [6.07, 6.45) is 1.00. The molecule has 0 aromatic heterocycles. The molecule has 3 aliphatic carbocycles. The van der Waals surface area contributed by atoms with Gasteiger partial charge in [-0.25, -0.2) is 0 Å². The van der Waals surface area contributed by atoms with Gasteiger partial charge in [0.05, 0.1) is 43.0 Å². The van der Waals surface area contributed by atoms with E-state index in [0.29, 0.717) is 19.6 Å².